The number of methoxy groups -OCH3 is 3. The minimum atomic E-state index is -0.212. The molecular weight excluding hydrogens is 312 g/mol. The summed E-state index contributed by atoms with van der Waals surface area (Å²) in [6.45, 7) is 1.77. The topological polar surface area (TPSA) is 77.9 Å². The number of aromatic nitrogens is 2. The van der Waals surface area contributed by atoms with Gasteiger partial charge in [-0.3, -0.25) is 10.00 Å². The third-order valence-electron chi connectivity index (χ3n) is 4.85. The van der Waals surface area contributed by atoms with Crippen molar-refractivity contribution in [1.82, 2.24) is 14.7 Å². The standard InChI is InChI=1S/C16H26N4O4/c1-22-10-12-15(24-3)13(23-2)9-19(12)16(21)17-14-8-11-6-4-5-7-20(11)18-14/h8,12-13,15H,4-7,9-10H2,1-3H3,(H,17,18,21)/t12-,13+,15-/m1/s1. The summed E-state index contributed by atoms with van der Waals surface area (Å²) in [7, 11) is 4.88. The second kappa shape index (κ2) is 7.50. The van der Waals surface area contributed by atoms with Crippen molar-refractivity contribution in [1.29, 1.82) is 0 Å². The smallest absolute Gasteiger partial charge is 0.323 e. The maximum atomic E-state index is 12.7. The maximum Gasteiger partial charge on any atom is 0.323 e. The minimum absolute atomic E-state index is 0.170. The van der Waals surface area contributed by atoms with Crippen LogP contribution in [-0.2, 0) is 27.2 Å². The molecule has 0 aliphatic carbocycles. The van der Waals surface area contributed by atoms with E-state index < -0.39 is 0 Å². The number of aryl methyl sites for hydroxylation is 2. The monoisotopic (exact) mass is 338 g/mol. The first-order valence-electron chi connectivity index (χ1n) is 8.36. The highest BCUT2D eigenvalue weighted by atomic mass is 16.5. The number of hydrogen-bond donors (Lipinski definition) is 1. The van der Waals surface area contributed by atoms with E-state index in [9.17, 15) is 4.79 Å². The molecule has 0 radical (unpaired) electrons. The summed E-state index contributed by atoms with van der Waals surface area (Å²) in [5.41, 5.74) is 1.18. The molecule has 2 amide bonds. The van der Waals surface area contributed by atoms with Gasteiger partial charge in [-0.05, 0) is 19.3 Å². The second-order valence-corrected chi connectivity index (χ2v) is 6.28. The summed E-state index contributed by atoms with van der Waals surface area (Å²) < 4.78 is 18.2. The van der Waals surface area contributed by atoms with Crippen LogP contribution in [0.3, 0.4) is 0 Å². The molecular formula is C16H26N4O4. The van der Waals surface area contributed by atoms with E-state index in [0.717, 1.165) is 19.4 Å². The number of carbonyl (C=O) groups excluding carboxylic acids is 1. The third kappa shape index (κ3) is 3.26. The van der Waals surface area contributed by atoms with Gasteiger partial charge in [0.25, 0.3) is 0 Å². The first-order chi connectivity index (χ1) is 11.7. The van der Waals surface area contributed by atoms with Gasteiger partial charge < -0.3 is 19.1 Å². The predicted octanol–water partition coefficient (Wildman–Crippen LogP) is 1.11. The van der Waals surface area contributed by atoms with Crippen LogP contribution in [0.2, 0.25) is 0 Å². The maximum absolute atomic E-state index is 12.7. The number of fused-ring (bicyclic) bond motifs is 1. The summed E-state index contributed by atoms with van der Waals surface area (Å²) in [5, 5.41) is 7.38. The van der Waals surface area contributed by atoms with Gasteiger partial charge in [0.2, 0.25) is 0 Å². The van der Waals surface area contributed by atoms with Crippen molar-refractivity contribution in [2.45, 2.75) is 44.1 Å². The molecule has 3 rings (SSSR count). The Morgan fingerprint density at radius 3 is 2.83 bits per heavy atom. The normalized spacial score (nSPS) is 26.5. The van der Waals surface area contributed by atoms with Crippen LogP contribution in [0.5, 0.6) is 0 Å². The molecule has 1 aromatic rings. The first kappa shape index (κ1) is 17.2. The highest BCUT2D eigenvalue weighted by molar-refractivity contribution is 5.89. The lowest BCUT2D eigenvalue weighted by atomic mass is 10.1. The third-order valence-corrected chi connectivity index (χ3v) is 4.85. The molecule has 1 N–H and O–H groups in total. The van der Waals surface area contributed by atoms with Crippen LogP contribution in [0.15, 0.2) is 6.07 Å². The number of carbonyl (C=O) groups is 1. The van der Waals surface area contributed by atoms with E-state index in [1.54, 1.807) is 26.2 Å². The van der Waals surface area contributed by atoms with E-state index in [0.29, 0.717) is 19.0 Å². The van der Waals surface area contributed by atoms with Crippen molar-refractivity contribution in [3.8, 4) is 0 Å². The molecule has 0 spiro atoms. The molecule has 0 saturated carbocycles. The number of nitrogens with zero attached hydrogens (tertiary/aromatic N) is 3. The molecule has 1 fully saturated rings. The molecule has 8 heteroatoms. The lowest BCUT2D eigenvalue weighted by molar-refractivity contribution is -0.0303. The van der Waals surface area contributed by atoms with Gasteiger partial charge in [-0.1, -0.05) is 0 Å². The Labute approximate surface area is 142 Å². The second-order valence-electron chi connectivity index (χ2n) is 6.28. The number of urea groups is 1. The number of nitrogens with one attached hydrogen (secondary N) is 1. The van der Waals surface area contributed by atoms with Crippen molar-refractivity contribution >= 4 is 11.8 Å². The highest BCUT2D eigenvalue weighted by Crippen LogP contribution is 2.25. The summed E-state index contributed by atoms with van der Waals surface area (Å²) in [5.74, 6) is 0.600. The van der Waals surface area contributed by atoms with Gasteiger partial charge in [0, 0.05) is 39.6 Å². The lowest BCUT2D eigenvalue weighted by Gasteiger charge is -2.26. The highest BCUT2D eigenvalue weighted by Gasteiger charge is 2.44. The van der Waals surface area contributed by atoms with E-state index >= 15 is 0 Å². The molecule has 134 valence electrons. The molecule has 8 nitrogen and oxygen atoms in total. The molecule has 3 atom stereocenters. The summed E-state index contributed by atoms with van der Waals surface area (Å²) >= 11 is 0. The summed E-state index contributed by atoms with van der Waals surface area (Å²) in [6.07, 6.45) is 2.93. The Balaban J connectivity index is 1.71. The Hall–Kier alpha value is -1.64. The van der Waals surface area contributed by atoms with Crippen LogP contribution >= 0.6 is 0 Å². The Morgan fingerprint density at radius 1 is 1.33 bits per heavy atom. The molecule has 24 heavy (non-hydrogen) atoms. The fraction of sp³-hybridized carbons (Fsp3) is 0.750. The average Bonchev–Trinajstić information content (AvgIpc) is 3.15. The number of hydrogen-bond acceptors (Lipinski definition) is 5. The summed E-state index contributed by atoms with van der Waals surface area (Å²) in [6, 6.07) is 1.57. The van der Waals surface area contributed by atoms with Crippen LogP contribution in [0.4, 0.5) is 10.6 Å². The van der Waals surface area contributed by atoms with Gasteiger partial charge in [0.1, 0.15) is 12.2 Å². The van der Waals surface area contributed by atoms with Crippen LogP contribution in [0.25, 0.3) is 0 Å². The van der Waals surface area contributed by atoms with Crippen LogP contribution in [0.1, 0.15) is 18.5 Å². The Bertz CT molecular complexity index is 553. The van der Waals surface area contributed by atoms with Crippen LogP contribution in [-0.4, -0.2) is 73.4 Å². The van der Waals surface area contributed by atoms with E-state index in [-0.39, 0.29) is 24.3 Å². The van der Waals surface area contributed by atoms with Crippen LogP contribution in [0, 0.1) is 0 Å². The first-order valence-corrected chi connectivity index (χ1v) is 8.36. The number of amides is 2. The van der Waals surface area contributed by atoms with E-state index in [2.05, 4.69) is 10.4 Å². The molecule has 0 bridgehead atoms. The number of rotatable bonds is 5. The van der Waals surface area contributed by atoms with Gasteiger partial charge in [0.05, 0.1) is 19.2 Å². The van der Waals surface area contributed by atoms with Crippen molar-refractivity contribution in [2.24, 2.45) is 0 Å². The molecule has 2 aliphatic rings. The Morgan fingerprint density at radius 2 is 2.17 bits per heavy atom. The fourth-order valence-corrected chi connectivity index (χ4v) is 3.63. The van der Waals surface area contributed by atoms with Gasteiger partial charge in [-0.15, -0.1) is 0 Å². The molecule has 3 heterocycles. The Kier molecular flexibility index (Phi) is 5.37. The number of likely N-dealkylation sites (tertiary alicyclic amines) is 1. The zero-order chi connectivity index (χ0) is 17.1. The van der Waals surface area contributed by atoms with Crippen molar-refractivity contribution in [2.75, 3.05) is 39.8 Å². The van der Waals surface area contributed by atoms with Gasteiger partial charge in [-0.25, -0.2) is 4.79 Å². The predicted molar refractivity (Wildman–Crippen MR) is 88.1 cm³/mol. The van der Waals surface area contributed by atoms with Gasteiger partial charge >= 0.3 is 6.03 Å². The zero-order valence-corrected chi connectivity index (χ0v) is 14.5. The number of anilines is 1. The molecule has 1 saturated heterocycles. The molecule has 0 unspecified atom stereocenters. The zero-order valence-electron chi connectivity index (χ0n) is 14.5. The fourth-order valence-electron chi connectivity index (χ4n) is 3.63. The quantitative estimate of drug-likeness (QED) is 0.870. The van der Waals surface area contributed by atoms with Crippen molar-refractivity contribution in [3.63, 3.8) is 0 Å². The van der Waals surface area contributed by atoms with Crippen molar-refractivity contribution < 1.29 is 19.0 Å². The van der Waals surface area contributed by atoms with Crippen LogP contribution < -0.4 is 5.32 Å². The minimum Gasteiger partial charge on any atom is -0.382 e. The largest absolute Gasteiger partial charge is 0.382 e. The van der Waals surface area contributed by atoms with Crippen molar-refractivity contribution in [3.05, 3.63) is 11.8 Å². The van der Waals surface area contributed by atoms with E-state index in [1.807, 2.05) is 10.7 Å². The average molecular weight is 338 g/mol. The molecule has 0 aromatic carbocycles. The van der Waals surface area contributed by atoms with E-state index in [4.69, 9.17) is 14.2 Å². The molecule has 1 aromatic heterocycles. The summed E-state index contributed by atoms with van der Waals surface area (Å²) in [4.78, 5) is 14.4. The van der Waals surface area contributed by atoms with Gasteiger partial charge in [-0.2, -0.15) is 5.10 Å². The van der Waals surface area contributed by atoms with E-state index in [1.165, 1.54) is 12.1 Å². The van der Waals surface area contributed by atoms with Gasteiger partial charge in [0.15, 0.2) is 5.82 Å². The molecule has 2 aliphatic heterocycles. The SMILES string of the molecule is COC[C@@H]1[C@@H](OC)[C@@H](OC)CN1C(=O)Nc1cc2n(n1)CCCC2. The lowest BCUT2D eigenvalue weighted by Crippen LogP contribution is -2.45. The number of ether oxygens (including phenoxy) is 3.